The van der Waals surface area contributed by atoms with Crippen LogP contribution in [0.1, 0.15) is 124 Å². The third kappa shape index (κ3) is 7.68. The molecule has 5 heteroatoms. The minimum absolute atomic E-state index is 0.0414. The first kappa shape index (κ1) is 36.9. The van der Waals surface area contributed by atoms with E-state index in [4.69, 9.17) is 0 Å². The maximum atomic E-state index is 14.8. The van der Waals surface area contributed by atoms with Gasteiger partial charge in [0.1, 0.15) is 0 Å². The van der Waals surface area contributed by atoms with E-state index in [9.17, 15) is 9.59 Å². The third-order valence-corrected chi connectivity index (χ3v) is 9.68. The van der Waals surface area contributed by atoms with Crippen LogP contribution in [0.4, 0.5) is 0 Å². The van der Waals surface area contributed by atoms with E-state index in [-0.39, 0.29) is 47.9 Å². The molecule has 256 valence electrons. The normalized spacial score (nSPS) is 13.2. The molecule has 2 atom stereocenters. The Morgan fingerprint density at radius 2 is 1.12 bits per heavy atom. The molecule has 0 saturated heterocycles. The molecule has 4 rings (SSSR count). The predicted molar refractivity (Wildman–Crippen MR) is 202 cm³/mol. The van der Waals surface area contributed by atoms with Crippen LogP contribution in [0.5, 0.6) is 0 Å². The van der Waals surface area contributed by atoms with Crippen molar-refractivity contribution in [1.29, 1.82) is 0 Å². The van der Waals surface area contributed by atoms with Crippen molar-refractivity contribution in [2.75, 3.05) is 7.05 Å². The van der Waals surface area contributed by atoms with Crippen molar-refractivity contribution in [1.82, 2.24) is 14.7 Å². The molecule has 4 aromatic carbocycles. The summed E-state index contributed by atoms with van der Waals surface area (Å²) in [5.41, 5.74) is 5.80. The smallest absolute Gasteiger partial charge is 0.255 e. The Hall–Kier alpha value is -3.96. The number of nitrogens with zero attached hydrogens (tertiary/aromatic N) is 3. The third-order valence-electron chi connectivity index (χ3n) is 9.68. The van der Waals surface area contributed by atoms with Crippen molar-refractivity contribution in [3.8, 4) is 0 Å². The number of benzene rings is 4. The Labute approximate surface area is 289 Å². The first-order valence-electron chi connectivity index (χ1n) is 17.8. The lowest BCUT2D eigenvalue weighted by Gasteiger charge is -2.38. The fraction of sp³-hybridized carbons (Fsp3) is 0.442. The summed E-state index contributed by atoms with van der Waals surface area (Å²) in [7, 11) is 2.15. The zero-order valence-corrected chi connectivity index (χ0v) is 31.1. The quantitative estimate of drug-likeness (QED) is 0.145. The Balaban J connectivity index is 2.03. The van der Waals surface area contributed by atoms with Crippen molar-refractivity contribution in [3.05, 3.63) is 118 Å². The molecular formula is C43H57N3O2. The summed E-state index contributed by atoms with van der Waals surface area (Å²) in [4.78, 5) is 35.8. The molecule has 0 spiro atoms. The van der Waals surface area contributed by atoms with Crippen LogP contribution in [0.15, 0.2) is 84.9 Å². The van der Waals surface area contributed by atoms with Crippen molar-refractivity contribution in [2.45, 2.75) is 118 Å². The Morgan fingerprint density at radius 1 is 0.583 bits per heavy atom. The van der Waals surface area contributed by atoms with Gasteiger partial charge in [-0.1, -0.05) is 98.8 Å². The fourth-order valence-corrected chi connectivity index (χ4v) is 7.75. The monoisotopic (exact) mass is 647 g/mol. The summed E-state index contributed by atoms with van der Waals surface area (Å²) in [5.74, 6) is -0.0143. The highest BCUT2D eigenvalue weighted by Crippen LogP contribution is 2.42. The van der Waals surface area contributed by atoms with Crippen molar-refractivity contribution < 1.29 is 9.59 Å². The molecule has 0 unspecified atom stereocenters. The van der Waals surface area contributed by atoms with Crippen LogP contribution in [0.3, 0.4) is 0 Å². The lowest BCUT2D eigenvalue weighted by atomic mass is 9.80. The van der Waals surface area contributed by atoms with Gasteiger partial charge in [0, 0.05) is 48.2 Å². The van der Waals surface area contributed by atoms with E-state index in [1.165, 1.54) is 5.56 Å². The average molecular weight is 648 g/mol. The van der Waals surface area contributed by atoms with Gasteiger partial charge in [-0.15, -0.1) is 0 Å². The van der Waals surface area contributed by atoms with Crippen LogP contribution < -0.4 is 0 Å². The molecule has 4 aromatic rings. The van der Waals surface area contributed by atoms with E-state index in [0.717, 1.165) is 45.0 Å². The molecular weight excluding hydrogens is 590 g/mol. The van der Waals surface area contributed by atoms with Gasteiger partial charge in [0.05, 0.1) is 5.56 Å². The summed E-state index contributed by atoms with van der Waals surface area (Å²) < 4.78 is 0. The minimum atomic E-state index is -0.198. The summed E-state index contributed by atoms with van der Waals surface area (Å²) in [6, 6.07) is 29.3. The summed E-state index contributed by atoms with van der Waals surface area (Å²) in [6.45, 7) is 21.8. The molecule has 0 saturated carbocycles. The van der Waals surface area contributed by atoms with Crippen LogP contribution in [0.25, 0.3) is 10.8 Å². The van der Waals surface area contributed by atoms with E-state index in [2.05, 4.69) is 148 Å². The van der Waals surface area contributed by atoms with Crippen LogP contribution in [-0.2, 0) is 13.0 Å². The molecule has 0 N–H and O–H groups in total. The van der Waals surface area contributed by atoms with E-state index in [1.54, 1.807) is 0 Å². The van der Waals surface area contributed by atoms with Gasteiger partial charge in [0.25, 0.3) is 11.8 Å². The van der Waals surface area contributed by atoms with Gasteiger partial charge in [-0.05, 0) is 102 Å². The Kier molecular flexibility index (Phi) is 12.3. The van der Waals surface area contributed by atoms with E-state index in [0.29, 0.717) is 6.54 Å². The van der Waals surface area contributed by atoms with Crippen LogP contribution in [0, 0.1) is 0 Å². The van der Waals surface area contributed by atoms with E-state index < -0.39 is 0 Å². The van der Waals surface area contributed by atoms with E-state index in [1.807, 2.05) is 28.0 Å². The number of likely N-dealkylation sites (N-methyl/N-ethyl adjacent to an activating group) is 1. The van der Waals surface area contributed by atoms with Gasteiger partial charge in [-0.25, -0.2) is 0 Å². The molecule has 0 heterocycles. The number of fused-ring (bicyclic) bond motifs is 1. The van der Waals surface area contributed by atoms with Crippen molar-refractivity contribution in [3.63, 3.8) is 0 Å². The standard InChI is InChI=1S/C43H57N3O2/c1-12-34-22-18-24-38(39(34)42(47)45(28(2)3)29(4)5)41(44(11)27-33-19-14-13-15-20-33)32(10)36-26-25-35-21-16-17-23-37(35)40(36)43(48)46(30(6)7)31(8)9/h13-26,28-32,41H,12,27H2,1-11H3/t32-,41-/m0/s1. The van der Waals surface area contributed by atoms with Gasteiger partial charge in [0.2, 0.25) is 0 Å². The topological polar surface area (TPSA) is 43.9 Å². The van der Waals surface area contributed by atoms with Gasteiger partial charge < -0.3 is 9.80 Å². The zero-order valence-electron chi connectivity index (χ0n) is 31.1. The van der Waals surface area contributed by atoms with Crippen LogP contribution >= 0.6 is 0 Å². The second kappa shape index (κ2) is 16.0. The predicted octanol–water partition coefficient (Wildman–Crippen LogP) is 9.90. The largest absolute Gasteiger partial charge is 0.334 e. The number of carbonyl (C=O) groups excluding carboxylic acids is 2. The summed E-state index contributed by atoms with van der Waals surface area (Å²) >= 11 is 0. The molecule has 0 bridgehead atoms. The van der Waals surface area contributed by atoms with Crippen LogP contribution in [-0.4, -0.2) is 57.7 Å². The van der Waals surface area contributed by atoms with Crippen LogP contribution in [0.2, 0.25) is 0 Å². The highest BCUT2D eigenvalue weighted by Gasteiger charge is 2.36. The van der Waals surface area contributed by atoms with Gasteiger partial charge >= 0.3 is 0 Å². The molecule has 0 radical (unpaired) electrons. The number of rotatable bonds is 13. The van der Waals surface area contributed by atoms with E-state index >= 15 is 0 Å². The molecule has 0 aliphatic heterocycles. The lowest BCUT2D eigenvalue weighted by molar-refractivity contribution is 0.0628. The van der Waals surface area contributed by atoms with Gasteiger partial charge in [-0.3, -0.25) is 14.5 Å². The maximum Gasteiger partial charge on any atom is 0.255 e. The number of aryl methyl sites for hydroxylation is 1. The zero-order chi connectivity index (χ0) is 35.3. The molecule has 0 aliphatic rings. The number of carbonyl (C=O) groups is 2. The van der Waals surface area contributed by atoms with Gasteiger partial charge in [-0.2, -0.15) is 0 Å². The van der Waals surface area contributed by atoms with Gasteiger partial charge in [0.15, 0.2) is 0 Å². The Morgan fingerprint density at radius 3 is 1.69 bits per heavy atom. The number of amides is 2. The number of hydrogen-bond acceptors (Lipinski definition) is 3. The summed E-state index contributed by atoms with van der Waals surface area (Å²) in [5, 5.41) is 2.01. The first-order valence-corrected chi connectivity index (χ1v) is 17.8. The lowest BCUT2D eigenvalue weighted by Crippen LogP contribution is -2.43. The minimum Gasteiger partial charge on any atom is -0.334 e. The molecule has 5 nitrogen and oxygen atoms in total. The second-order valence-corrected chi connectivity index (χ2v) is 14.4. The fourth-order valence-electron chi connectivity index (χ4n) is 7.75. The Bertz CT molecular complexity index is 1680. The van der Waals surface area contributed by atoms with Crippen molar-refractivity contribution >= 4 is 22.6 Å². The molecule has 0 aliphatic carbocycles. The molecule has 0 aromatic heterocycles. The molecule has 48 heavy (non-hydrogen) atoms. The summed E-state index contributed by atoms with van der Waals surface area (Å²) in [6.07, 6.45) is 0.750. The first-order chi connectivity index (χ1) is 22.8. The highest BCUT2D eigenvalue weighted by atomic mass is 16.2. The SMILES string of the molecule is CCc1cccc([C@H]([C@@H](C)c2ccc3ccccc3c2C(=O)N(C(C)C)C(C)C)N(C)Cc2ccccc2)c1C(=O)N(C(C)C)C(C)C. The number of hydrogen-bond donors (Lipinski definition) is 0. The highest BCUT2D eigenvalue weighted by molar-refractivity contribution is 6.09. The molecule has 2 amide bonds. The average Bonchev–Trinajstić information content (AvgIpc) is 3.03. The maximum absolute atomic E-state index is 14.8. The second-order valence-electron chi connectivity index (χ2n) is 14.4. The van der Waals surface area contributed by atoms with Crippen molar-refractivity contribution in [2.24, 2.45) is 0 Å². The molecule has 0 fully saturated rings.